The molecule has 26 heavy (non-hydrogen) atoms. The minimum Gasteiger partial charge on any atom is -0.352 e. The van der Waals surface area contributed by atoms with Crippen LogP contribution in [-0.4, -0.2) is 52.6 Å². The van der Waals surface area contributed by atoms with Crippen molar-refractivity contribution in [2.24, 2.45) is 0 Å². The van der Waals surface area contributed by atoms with Crippen molar-refractivity contribution in [2.45, 2.75) is 10.4 Å². The number of rotatable bonds is 3. The van der Waals surface area contributed by atoms with Crippen LogP contribution in [0, 0.1) is 0 Å². The van der Waals surface area contributed by atoms with Crippen LogP contribution in [0.2, 0.25) is 0 Å². The van der Waals surface area contributed by atoms with E-state index in [4.69, 9.17) is 0 Å². The Hall–Kier alpha value is -2.49. The zero-order valence-corrected chi connectivity index (χ0v) is 14.4. The standard InChI is InChI=1S/C16H16F3N5OS/c17-16(18,19)26-13-3-1-12(2-4-13)22-15(25)24-9-7-23(8-10-24)14-11-20-5-6-21-14/h1-6,11H,7-10H2,(H,22,25). The number of urea groups is 1. The maximum absolute atomic E-state index is 12.3. The fourth-order valence-electron chi connectivity index (χ4n) is 2.54. The van der Waals surface area contributed by atoms with Crippen LogP contribution in [0.3, 0.4) is 0 Å². The minimum absolute atomic E-state index is 0.0769. The zero-order valence-electron chi connectivity index (χ0n) is 13.6. The summed E-state index contributed by atoms with van der Waals surface area (Å²) in [6, 6.07) is 5.31. The average Bonchev–Trinajstić information content (AvgIpc) is 2.63. The van der Waals surface area contributed by atoms with Crippen molar-refractivity contribution in [2.75, 3.05) is 36.4 Å². The van der Waals surface area contributed by atoms with E-state index in [1.54, 1.807) is 23.5 Å². The molecule has 2 heterocycles. The number of aromatic nitrogens is 2. The number of amides is 2. The van der Waals surface area contributed by atoms with Crippen molar-refractivity contribution in [1.29, 1.82) is 0 Å². The van der Waals surface area contributed by atoms with Gasteiger partial charge in [-0.05, 0) is 36.0 Å². The number of carbonyl (C=O) groups is 1. The highest BCUT2D eigenvalue weighted by Crippen LogP contribution is 2.37. The van der Waals surface area contributed by atoms with Gasteiger partial charge in [-0.3, -0.25) is 4.98 Å². The molecule has 1 saturated heterocycles. The Morgan fingerprint density at radius 2 is 1.77 bits per heavy atom. The average molecular weight is 383 g/mol. The quantitative estimate of drug-likeness (QED) is 0.823. The lowest BCUT2D eigenvalue weighted by Gasteiger charge is -2.35. The topological polar surface area (TPSA) is 61.4 Å². The summed E-state index contributed by atoms with van der Waals surface area (Å²) in [4.78, 5) is 24.3. The van der Waals surface area contributed by atoms with Crippen molar-refractivity contribution >= 4 is 29.3 Å². The maximum atomic E-state index is 12.3. The van der Waals surface area contributed by atoms with E-state index in [1.807, 2.05) is 4.90 Å². The molecular weight excluding hydrogens is 367 g/mol. The molecule has 3 rings (SSSR count). The molecule has 1 aliphatic rings. The van der Waals surface area contributed by atoms with Gasteiger partial charge in [-0.15, -0.1) is 0 Å². The van der Waals surface area contributed by atoms with Crippen LogP contribution >= 0.6 is 11.8 Å². The van der Waals surface area contributed by atoms with E-state index in [0.29, 0.717) is 31.9 Å². The van der Waals surface area contributed by atoms with Crippen LogP contribution in [0.15, 0.2) is 47.8 Å². The number of anilines is 2. The molecule has 0 unspecified atom stereocenters. The van der Waals surface area contributed by atoms with E-state index >= 15 is 0 Å². The third kappa shape index (κ3) is 5.01. The number of hydrogen-bond acceptors (Lipinski definition) is 5. The molecule has 1 aromatic heterocycles. The van der Waals surface area contributed by atoms with Crippen molar-refractivity contribution in [3.63, 3.8) is 0 Å². The first-order chi connectivity index (χ1) is 12.4. The van der Waals surface area contributed by atoms with Gasteiger partial charge < -0.3 is 15.1 Å². The lowest BCUT2D eigenvalue weighted by atomic mass is 10.3. The molecule has 0 spiro atoms. The molecule has 10 heteroatoms. The molecule has 2 aromatic rings. The SMILES string of the molecule is O=C(Nc1ccc(SC(F)(F)F)cc1)N1CCN(c2cnccn2)CC1. The van der Waals surface area contributed by atoms with Gasteiger partial charge in [0.15, 0.2) is 0 Å². The normalized spacial score (nSPS) is 15.0. The highest BCUT2D eigenvalue weighted by molar-refractivity contribution is 8.00. The Labute approximate surface area is 152 Å². The summed E-state index contributed by atoms with van der Waals surface area (Å²) in [7, 11) is 0. The number of nitrogens with one attached hydrogen (secondary N) is 1. The van der Waals surface area contributed by atoms with Gasteiger partial charge >= 0.3 is 11.5 Å². The summed E-state index contributed by atoms with van der Waals surface area (Å²) in [5.74, 6) is 0.769. The molecule has 1 N–H and O–H groups in total. The zero-order chi connectivity index (χ0) is 18.6. The Morgan fingerprint density at radius 1 is 1.08 bits per heavy atom. The van der Waals surface area contributed by atoms with Crippen LogP contribution in [-0.2, 0) is 0 Å². The van der Waals surface area contributed by atoms with Crippen molar-refractivity contribution < 1.29 is 18.0 Å². The van der Waals surface area contributed by atoms with Crippen LogP contribution in [0.25, 0.3) is 0 Å². The Bertz CT molecular complexity index is 734. The maximum Gasteiger partial charge on any atom is 0.446 e. The minimum atomic E-state index is -4.33. The predicted octanol–water partition coefficient (Wildman–Crippen LogP) is 3.44. The number of benzene rings is 1. The molecule has 0 radical (unpaired) electrons. The molecule has 0 atom stereocenters. The van der Waals surface area contributed by atoms with Gasteiger partial charge in [0.05, 0.1) is 6.20 Å². The second-order valence-corrected chi connectivity index (χ2v) is 6.68. The van der Waals surface area contributed by atoms with Crippen molar-refractivity contribution in [1.82, 2.24) is 14.9 Å². The fraction of sp³-hybridized carbons (Fsp3) is 0.312. The summed E-state index contributed by atoms with van der Waals surface area (Å²) in [6.45, 7) is 2.30. The van der Waals surface area contributed by atoms with Gasteiger partial charge in [0.1, 0.15) is 5.82 Å². The van der Waals surface area contributed by atoms with Crippen LogP contribution in [0.1, 0.15) is 0 Å². The Balaban J connectivity index is 1.51. The second-order valence-electron chi connectivity index (χ2n) is 5.54. The number of hydrogen-bond donors (Lipinski definition) is 1. The Kier molecular flexibility index (Phi) is 5.50. The molecule has 1 aromatic carbocycles. The third-order valence-electron chi connectivity index (χ3n) is 3.78. The van der Waals surface area contributed by atoms with E-state index in [2.05, 4.69) is 15.3 Å². The molecule has 138 valence electrons. The fourth-order valence-corrected chi connectivity index (χ4v) is 3.08. The van der Waals surface area contributed by atoms with Gasteiger partial charge in [0.2, 0.25) is 0 Å². The molecular formula is C16H16F3N5OS. The number of piperazine rings is 1. The summed E-state index contributed by atoms with van der Waals surface area (Å²) >= 11 is -0.185. The monoisotopic (exact) mass is 383 g/mol. The van der Waals surface area contributed by atoms with Crippen molar-refractivity contribution in [3.05, 3.63) is 42.9 Å². The van der Waals surface area contributed by atoms with Gasteiger partial charge in [0, 0.05) is 49.2 Å². The largest absolute Gasteiger partial charge is 0.446 e. The molecule has 2 amide bonds. The number of alkyl halides is 3. The molecule has 6 nitrogen and oxygen atoms in total. The number of thioether (sulfide) groups is 1. The molecule has 1 fully saturated rings. The smallest absolute Gasteiger partial charge is 0.352 e. The molecule has 0 bridgehead atoms. The second kappa shape index (κ2) is 7.81. The highest BCUT2D eigenvalue weighted by atomic mass is 32.2. The van der Waals surface area contributed by atoms with Gasteiger partial charge in [0.25, 0.3) is 0 Å². The van der Waals surface area contributed by atoms with Crippen molar-refractivity contribution in [3.8, 4) is 0 Å². The summed E-state index contributed by atoms with van der Waals surface area (Å²) < 4.78 is 37.0. The first-order valence-corrected chi connectivity index (χ1v) is 8.65. The molecule has 0 aliphatic carbocycles. The van der Waals surface area contributed by atoms with Gasteiger partial charge in [-0.2, -0.15) is 13.2 Å². The van der Waals surface area contributed by atoms with Gasteiger partial charge in [-0.1, -0.05) is 0 Å². The highest BCUT2D eigenvalue weighted by Gasteiger charge is 2.29. The first-order valence-electron chi connectivity index (χ1n) is 7.83. The molecule has 0 saturated carbocycles. The van der Waals surface area contributed by atoms with E-state index in [9.17, 15) is 18.0 Å². The van der Waals surface area contributed by atoms with Crippen LogP contribution < -0.4 is 10.2 Å². The van der Waals surface area contributed by atoms with Crippen LogP contribution in [0.5, 0.6) is 0 Å². The summed E-state index contributed by atoms with van der Waals surface area (Å²) in [5, 5.41) is 2.71. The van der Waals surface area contributed by atoms with E-state index < -0.39 is 5.51 Å². The summed E-state index contributed by atoms with van der Waals surface area (Å²) in [5.41, 5.74) is -3.87. The lowest BCUT2D eigenvalue weighted by molar-refractivity contribution is -0.0328. The van der Waals surface area contributed by atoms with E-state index in [-0.39, 0.29) is 22.7 Å². The number of halogens is 3. The third-order valence-corrected chi connectivity index (χ3v) is 4.52. The molecule has 1 aliphatic heterocycles. The Morgan fingerprint density at radius 3 is 2.35 bits per heavy atom. The van der Waals surface area contributed by atoms with E-state index in [0.717, 1.165) is 5.82 Å². The number of carbonyl (C=O) groups excluding carboxylic acids is 1. The lowest BCUT2D eigenvalue weighted by Crippen LogP contribution is -2.50. The van der Waals surface area contributed by atoms with E-state index in [1.165, 1.54) is 24.3 Å². The van der Waals surface area contributed by atoms with Gasteiger partial charge in [-0.25, -0.2) is 9.78 Å². The first kappa shape index (κ1) is 18.3. The van der Waals surface area contributed by atoms with Crippen LogP contribution in [0.4, 0.5) is 29.5 Å². The number of nitrogens with zero attached hydrogens (tertiary/aromatic N) is 4. The predicted molar refractivity (Wildman–Crippen MR) is 93.2 cm³/mol. The summed E-state index contributed by atoms with van der Waals surface area (Å²) in [6.07, 6.45) is 4.90.